The van der Waals surface area contributed by atoms with Crippen molar-refractivity contribution in [2.24, 2.45) is 5.11 Å². The van der Waals surface area contributed by atoms with Gasteiger partial charge in [0.05, 0.1) is 64.1 Å². The Morgan fingerprint density at radius 1 is 0.679 bits per heavy atom. The van der Waals surface area contributed by atoms with Crippen LogP contribution in [0.25, 0.3) is 10.4 Å². The van der Waals surface area contributed by atoms with Gasteiger partial charge in [-0.25, -0.2) is 0 Å². The first-order valence-electron chi connectivity index (χ1n) is 9.84. The quantitative estimate of drug-likeness (QED) is 0.133. The number of hydrogen-bond acceptors (Lipinski definition) is 7. The van der Waals surface area contributed by atoms with Crippen molar-refractivity contribution in [2.45, 2.75) is 51.7 Å². The highest BCUT2D eigenvalue weighted by Crippen LogP contribution is 2.19. The van der Waals surface area contributed by atoms with E-state index in [-0.39, 0.29) is 11.2 Å². The molecule has 0 bridgehead atoms. The lowest BCUT2D eigenvalue weighted by molar-refractivity contribution is -0.0908. The van der Waals surface area contributed by atoms with E-state index in [4.69, 9.17) is 34.0 Å². The Bertz CT molecular complexity index is 414. The van der Waals surface area contributed by atoms with Gasteiger partial charge >= 0.3 is 0 Å². The molecule has 0 atom stereocenters. The zero-order valence-electron chi connectivity index (χ0n) is 18.3. The molecular weight excluding hydrogens is 366 g/mol. The fraction of sp³-hybridized carbons (Fsp3) is 1.00. The minimum absolute atomic E-state index is 0.260. The minimum Gasteiger partial charge on any atom is -0.382 e. The Balaban J connectivity index is 3.69. The molecule has 9 heteroatoms. The van der Waals surface area contributed by atoms with Crippen LogP contribution in [-0.4, -0.2) is 84.3 Å². The minimum atomic E-state index is -0.262. The fourth-order valence-corrected chi connectivity index (χ4v) is 2.13. The average Bonchev–Trinajstić information content (AvgIpc) is 2.63. The van der Waals surface area contributed by atoms with Gasteiger partial charge in [-0.1, -0.05) is 5.11 Å². The Hall–Kier alpha value is -0.930. The molecule has 0 saturated carbocycles. The molecule has 9 nitrogen and oxygen atoms in total. The number of nitrogens with zero attached hydrogens (tertiary/aromatic N) is 3. The van der Waals surface area contributed by atoms with Crippen molar-refractivity contribution < 1.29 is 28.4 Å². The number of hydrogen-bond donors (Lipinski definition) is 0. The highest BCUT2D eigenvalue weighted by atomic mass is 16.6. The van der Waals surface area contributed by atoms with Crippen LogP contribution in [0.4, 0.5) is 0 Å². The molecule has 0 amide bonds. The van der Waals surface area contributed by atoms with Gasteiger partial charge in [-0.15, -0.1) is 0 Å². The molecule has 0 N–H and O–H groups in total. The van der Waals surface area contributed by atoms with Crippen LogP contribution in [-0.2, 0) is 28.4 Å². The van der Waals surface area contributed by atoms with Gasteiger partial charge < -0.3 is 28.4 Å². The van der Waals surface area contributed by atoms with Crippen LogP contribution in [0.3, 0.4) is 0 Å². The molecule has 0 saturated heterocycles. The predicted molar refractivity (Wildman–Crippen MR) is 108 cm³/mol. The molecule has 0 aromatic rings. The number of ether oxygens (including phenoxy) is 6. The third kappa shape index (κ3) is 18.4. The number of azide groups is 1. The van der Waals surface area contributed by atoms with Crippen LogP contribution >= 0.6 is 0 Å². The Kier molecular flexibility index (Phi) is 16.4. The first-order chi connectivity index (χ1) is 13.3. The molecule has 0 aromatic heterocycles. The van der Waals surface area contributed by atoms with E-state index in [1.54, 1.807) is 7.11 Å². The monoisotopic (exact) mass is 405 g/mol. The van der Waals surface area contributed by atoms with E-state index in [1.807, 2.05) is 0 Å². The van der Waals surface area contributed by atoms with Crippen LogP contribution in [0.1, 0.15) is 40.5 Å². The van der Waals surface area contributed by atoms with Crippen LogP contribution in [0.2, 0.25) is 0 Å². The van der Waals surface area contributed by atoms with E-state index in [0.29, 0.717) is 66.0 Å². The molecule has 0 unspecified atom stereocenters. The summed E-state index contributed by atoms with van der Waals surface area (Å²) in [6.45, 7) is 13.5. The van der Waals surface area contributed by atoms with Crippen LogP contribution in [0.15, 0.2) is 5.11 Å². The lowest BCUT2D eigenvalue weighted by Gasteiger charge is -2.29. The second-order valence-electron chi connectivity index (χ2n) is 7.50. The summed E-state index contributed by atoms with van der Waals surface area (Å²) in [4.78, 5) is 2.66. The van der Waals surface area contributed by atoms with E-state index in [1.165, 1.54) is 0 Å². The lowest BCUT2D eigenvalue weighted by Crippen LogP contribution is -2.32. The van der Waals surface area contributed by atoms with E-state index >= 15 is 0 Å². The van der Waals surface area contributed by atoms with Crippen LogP contribution in [0, 0.1) is 0 Å². The van der Waals surface area contributed by atoms with Crippen molar-refractivity contribution in [3.05, 3.63) is 10.4 Å². The second kappa shape index (κ2) is 17.0. The molecule has 0 aliphatic rings. The summed E-state index contributed by atoms with van der Waals surface area (Å²) in [5, 5.41) is 3.39. The second-order valence-corrected chi connectivity index (χ2v) is 7.50. The van der Waals surface area contributed by atoms with Gasteiger partial charge in [0.15, 0.2) is 0 Å². The summed E-state index contributed by atoms with van der Waals surface area (Å²) >= 11 is 0. The van der Waals surface area contributed by atoms with Crippen molar-refractivity contribution in [3.8, 4) is 0 Å². The zero-order chi connectivity index (χ0) is 21.1. The zero-order valence-corrected chi connectivity index (χ0v) is 18.3. The first-order valence-corrected chi connectivity index (χ1v) is 9.84. The van der Waals surface area contributed by atoms with Gasteiger partial charge in [-0.05, 0) is 46.1 Å². The topological polar surface area (TPSA) is 104 Å². The summed E-state index contributed by atoms with van der Waals surface area (Å²) in [6.07, 6.45) is 1.59. The molecule has 0 heterocycles. The van der Waals surface area contributed by atoms with E-state index in [9.17, 15) is 0 Å². The third-order valence-electron chi connectivity index (χ3n) is 3.97. The summed E-state index contributed by atoms with van der Waals surface area (Å²) in [7, 11) is 1.65. The van der Waals surface area contributed by atoms with Gasteiger partial charge in [0.1, 0.15) is 0 Å². The van der Waals surface area contributed by atoms with Gasteiger partial charge in [0, 0.05) is 25.2 Å². The molecule has 166 valence electrons. The van der Waals surface area contributed by atoms with Crippen molar-refractivity contribution in [2.75, 3.05) is 73.1 Å². The first kappa shape index (κ1) is 27.1. The third-order valence-corrected chi connectivity index (χ3v) is 3.97. The average molecular weight is 406 g/mol. The molecule has 0 aliphatic heterocycles. The molecule has 0 aromatic carbocycles. The maximum Gasteiger partial charge on any atom is 0.0707 e. The molecule has 0 fully saturated rings. The Morgan fingerprint density at radius 2 is 1.18 bits per heavy atom. The normalized spacial score (nSPS) is 12.2. The molecule has 0 aliphatic carbocycles. The SMILES string of the molecule is COCCOCCOC(C)(C)CCOC(C)(C)CCOCCOCCN=[N+]=[N-]. The van der Waals surface area contributed by atoms with Gasteiger partial charge in [0.2, 0.25) is 0 Å². The van der Waals surface area contributed by atoms with Crippen molar-refractivity contribution >= 4 is 0 Å². The fourth-order valence-electron chi connectivity index (χ4n) is 2.13. The van der Waals surface area contributed by atoms with Crippen molar-refractivity contribution in [1.29, 1.82) is 0 Å². The summed E-state index contributed by atoms with van der Waals surface area (Å²) < 4.78 is 33.1. The van der Waals surface area contributed by atoms with Crippen LogP contribution in [0.5, 0.6) is 0 Å². The van der Waals surface area contributed by atoms with Gasteiger partial charge in [-0.3, -0.25) is 0 Å². The van der Waals surface area contributed by atoms with E-state index in [0.717, 1.165) is 12.8 Å². The maximum absolute atomic E-state index is 8.15. The summed E-state index contributed by atoms with van der Waals surface area (Å²) in [5.74, 6) is 0. The lowest BCUT2D eigenvalue weighted by atomic mass is 10.0. The van der Waals surface area contributed by atoms with Gasteiger partial charge in [-0.2, -0.15) is 0 Å². The predicted octanol–water partition coefficient (Wildman–Crippen LogP) is 3.36. The Labute approximate surface area is 169 Å². The van der Waals surface area contributed by atoms with Crippen molar-refractivity contribution in [1.82, 2.24) is 0 Å². The largest absolute Gasteiger partial charge is 0.382 e. The van der Waals surface area contributed by atoms with E-state index < -0.39 is 0 Å². The smallest absolute Gasteiger partial charge is 0.0707 e. The van der Waals surface area contributed by atoms with E-state index in [2.05, 4.69) is 37.7 Å². The molecule has 28 heavy (non-hydrogen) atoms. The molecule has 0 radical (unpaired) electrons. The van der Waals surface area contributed by atoms with Crippen LogP contribution < -0.4 is 0 Å². The Morgan fingerprint density at radius 3 is 1.82 bits per heavy atom. The van der Waals surface area contributed by atoms with Gasteiger partial charge in [0.25, 0.3) is 0 Å². The molecular formula is C19H39N3O6. The summed E-state index contributed by atoms with van der Waals surface area (Å²) in [6, 6.07) is 0. The highest BCUT2D eigenvalue weighted by molar-refractivity contribution is 4.72. The standard InChI is InChI=1S/C19H39N3O6/c1-18(2,6-9-24-14-15-25-11-8-21-22-20)27-10-7-19(3,4)28-17-16-26-13-12-23-5/h6-17H2,1-5H3. The summed E-state index contributed by atoms with van der Waals surface area (Å²) in [5.41, 5.74) is 7.62. The highest BCUT2D eigenvalue weighted by Gasteiger charge is 2.22. The number of methoxy groups -OCH3 is 1. The molecule has 0 rings (SSSR count). The number of rotatable bonds is 20. The maximum atomic E-state index is 8.15. The van der Waals surface area contributed by atoms with Crippen molar-refractivity contribution in [3.63, 3.8) is 0 Å². The molecule has 0 spiro atoms.